The molecule has 180 valence electrons. The van der Waals surface area contributed by atoms with E-state index in [1.54, 1.807) is 13.8 Å². The van der Waals surface area contributed by atoms with E-state index < -0.39 is 11.1 Å². The average Bonchev–Trinajstić information content (AvgIpc) is 2.71. The zero-order valence-electron chi connectivity index (χ0n) is 19.8. The Morgan fingerprint density at radius 3 is 1.81 bits per heavy atom. The Bertz CT molecular complexity index is 569. The highest BCUT2D eigenvalue weighted by molar-refractivity contribution is 5.90. The molecule has 0 rings (SSSR count). The van der Waals surface area contributed by atoms with Crippen LogP contribution < -0.4 is 16.0 Å². The molecule has 0 aliphatic rings. The molecule has 0 fully saturated rings. The Labute approximate surface area is 185 Å². The minimum absolute atomic E-state index is 0.0912. The molecule has 0 aliphatic heterocycles. The smallest absolute Gasteiger partial charge is 0.246 e. The van der Waals surface area contributed by atoms with Gasteiger partial charge in [0.1, 0.15) is 19.5 Å². The molecule has 0 bridgehead atoms. The first-order valence-corrected chi connectivity index (χ1v) is 10.7. The molecule has 0 atom stereocenters. The minimum atomic E-state index is -0.418. The van der Waals surface area contributed by atoms with E-state index in [2.05, 4.69) is 26.3 Å². The number of aldehydes is 1. The normalized spacial score (nSPS) is 14.4. The lowest BCUT2D eigenvalue weighted by Crippen LogP contribution is -2.47. The minimum Gasteiger partial charge on any atom is -0.411 e. The van der Waals surface area contributed by atoms with Crippen molar-refractivity contribution in [1.29, 1.82) is 0 Å². The highest BCUT2D eigenvalue weighted by Crippen LogP contribution is 2.15. The molecule has 0 aliphatic carbocycles. The molecule has 0 aromatic carbocycles. The predicted octanol–water partition coefficient (Wildman–Crippen LogP) is 1.54. The lowest BCUT2D eigenvalue weighted by Gasteiger charge is -2.28. The predicted molar refractivity (Wildman–Crippen MR) is 121 cm³/mol. The van der Waals surface area contributed by atoms with E-state index >= 15 is 0 Å². The summed E-state index contributed by atoms with van der Waals surface area (Å²) in [7, 11) is 0. The summed E-state index contributed by atoms with van der Waals surface area (Å²) in [5, 5.41) is 34.3. The molecule has 0 saturated heterocycles. The highest BCUT2D eigenvalue weighted by atomic mass is 16.5. The average molecular weight is 444 g/mol. The number of ether oxygens (including phenoxy) is 1. The van der Waals surface area contributed by atoms with Gasteiger partial charge in [0.05, 0.1) is 22.5 Å². The van der Waals surface area contributed by atoms with Crippen LogP contribution in [0.15, 0.2) is 10.3 Å². The summed E-state index contributed by atoms with van der Waals surface area (Å²) in [6.45, 7) is 13.1. The van der Waals surface area contributed by atoms with Crippen molar-refractivity contribution >= 4 is 23.6 Å². The monoisotopic (exact) mass is 443 g/mol. The Morgan fingerprint density at radius 1 is 0.935 bits per heavy atom. The molecule has 0 aromatic heterocycles. The summed E-state index contributed by atoms with van der Waals surface area (Å²) in [4.78, 5) is 22.0. The van der Waals surface area contributed by atoms with Gasteiger partial charge in [-0.15, -0.1) is 0 Å². The van der Waals surface area contributed by atoms with Gasteiger partial charge in [0.15, 0.2) is 0 Å². The molecule has 0 unspecified atom stereocenters. The number of amides is 1. The van der Waals surface area contributed by atoms with Crippen molar-refractivity contribution in [3.05, 3.63) is 0 Å². The summed E-state index contributed by atoms with van der Waals surface area (Å²) in [6.07, 6.45) is 3.13. The third-order valence-electron chi connectivity index (χ3n) is 5.64. The van der Waals surface area contributed by atoms with Gasteiger partial charge >= 0.3 is 0 Å². The maximum Gasteiger partial charge on any atom is 0.246 e. The molecule has 10 heteroatoms. The lowest BCUT2D eigenvalue weighted by molar-refractivity contribution is -0.126. The number of hydrogen-bond acceptors (Lipinski definition) is 9. The Balaban J connectivity index is 4.70. The Kier molecular flexibility index (Phi) is 13.9. The maximum absolute atomic E-state index is 11.8. The van der Waals surface area contributed by atoms with Crippen molar-refractivity contribution in [3.63, 3.8) is 0 Å². The molecule has 31 heavy (non-hydrogen) atoms. The van der Waals surface area contributed by atoms with Gasteiger partial charge in [-0.3, -0.25) is 4.79 Å². The van der Waals surface area contributed by atoms with E-state index in [1.807, 2.05) is 27.7 Å². The van der Waals surface area contributed by atoms with E-state index in [4.69, 9.17) is 15.2 Å². The molecular formula is C21H41N5O5. The van der Waals surface area contributed by atoms with Crippen molar-refractivity contribution in [2.24, 2.45) is 16.2 Å². The number of carbonyl (C=O) groups excluding carboxylic acids is 2. The van der Waals surface area contributed by atoms with Gasteiger partial charge in [0.25, 0.3) is 0 Å². The van der Waals surface area contributed by atoms with Crippen molar-refractivity contribution in [3.8, 4) is 0 Å². The van der Waals surface area contributed by atoms with Gasteiger partial charge in [0, 0.05) is 6.54 Å². The third-order valence-corrected chi connectivity index (χ3v) is 5.64. The molecule has 0 spiro atoms. The summed E-state index contributed by atoms with van der Waals surface area (Å²) >= 11 is 0. The first-order chi connectivity index (χ1) is 14.5. The number of oxime groups is 2. The fourth-order valence-electron chi connectivity index (χ4n) is 2.78. The van der Waals surface area contributed by atoms with Gasteiger partial charge in [-0.25, -0.2) is 0 Å². The Morgan fingerprint density at radius 2 is 1.39 bits per heavy atom. The molecule has 0 heterocycles. The molecule has 0 aromatic rings. The van der Waals surface area contributed by atoms with E-state index in [9.17, 15) is 9.59 Å². The molecule has 1 amide bonds. The van der Waals surface area contributed by atoms with Gasteiger partial charge in [-0.1, -0.05) is 10.3 Å². The Hall–Kier alpha value is -2.04. The quantitative estimate of drug-likeness (QED) is 0.0754. The number of nitrogens with one attached hydrogen (secondary N) is 3. The first-order valence-electron chi connectivity index (χ1n) is 10.7. The highest BCUT2D eigenvalue weighted by Gasteiger charge is 2.23. The van der Waals surface area contributed by atoms with Crippen LogP contribution in [0.2, 0.25) is 0 Å². The summed E-state index contributed by atoms with van der Waals surface area (Å²) in [5.41, 5.74) is 0.374. The van der Waals surface area contributed by atoms with Crippen LogP contribution in [0.3, 0.4) is 0 Å². The summed E-state index contributed by atoms with van der Waals surface area (Å²) in [5.74, 6) is 0.0733. The fraction of sp³-hybridized carbons (Fsp3) is 0.810. The van der Waals surface area contributed by atoms with Crippen LogP contribution in [-0.2, 0) is 14.3 Å². The van der Waals surface area contributed by atoms with Crippen molar-refractivity contribution in [1.82, 2.24) is 16.0 Å². The number of carbonyl (C=O) groups is 2. The third kappa shape index (κ3) is 12.4. The van der Waals surface area contributed by atoms with Crippen LogP contribution in [0.4, 0.5) is 0 Å². The van der Waals surface area contributed by atoms with Gasteiger partial charge in [-0.2, -0.15) is 0 Å². The van der Waals surface area contributed by atoms with Crippen LogP contribution in [0.25, 0.3) is 0 Å². The number of nitrogens with zero attached hydrogens (tertiary/aromatic N) is 2. The van der Waals surface area contributed by atoms with E-state index in [1.165, 1.54) is 0 Å². The van der Waals surface area contributed by atoms with Gasteiger partial charge < -0.3 is 35.9 Å². The standard InChI is InChI=1S/C21H41N5O5/c1-16(25-29)20(3,4)23-11-8-18(7-10-22-19(28)15-31-14-13-27)9-12-24-21(5,6)17(2)26-30/h13,18,23-24,29-30H,7-12,14-15H2,1-6H3,(H,22,28)/b25-16-,26-17-. The zero-order chi connectivity index (χ0) is 23.9. The van der Waals surface area contributed by atoms with Crippen LogP contribution in [0.5, 0.6) is 0 Å². The second kappa shape index (κ2) is 14.9. The van der Waals surface area contributed by atoms with E-state index in [0.29, 0.717) is 30.2 Å². The van der Waals surface area contributed by atoms with Crippen molar-refractivity contribution in [2.45, 2.75) is 71.9 Å². The van der Waals surface area contributed by atoms with Crippen LogP contribution >= 0.6 is 0 Å². The molecule has 5 N–H and O–H groups in total. The first kappa shape index (κ1) is 29.0. The van der Waals surface area contributed by atoms with Crippen LogP contribution in [-0.4, -0.2) is 78.0 Å². The van der Waals surface area contributed by atoms with E-state index in [0.717, 1.165) is 32.4 Å². The summed E-state index contributed by atoms with van der Waals surface area (Å²) in [6, 6.07) is 0. The van der Waals surface area contributed by atoms with Gasteiger partial charge in [-0.05, 0) is 79.8 Å². The van der Waals surface area contributed by atoms with Gasteiger partial charge in [0.2, 0.25) is 5.91 Å². The van der Waals surface area contributed by atoms with Crippen molar-refractivity contribution in [2.75, 3.05) is 32.8 Å². The summed E-state index contributed by atoms with van der Waals surface area (Å²) < 4.78 is 4.91. The topological polar surface area (TPSA) is 145 Å². The maximum atomic E-state index is 11.8. The molecule has 0 saturated carbocycles. The largest absolute Gasteiger partial charge is 0.411 e. The zero-order valence-corrected chi connectivity index (χ0v) is 19.8. The van der Waals surface area contributed by atoms with Crippen molar-refractivity contribution < 1.29 is 24.7 Å². The number of hydrogen-bond donors (Lipinski definition) is 5. The van der Waals surface area contributed by atoms with E-state index in [-0.39, 0.29) is 19.1 Å². The lowest BCUT2D eigenvalue weighted by atomic mass is 9.94. The molecular weight excluding hydrogens is 402 g/mol. The second-order valence-electron chi connectivity index (χ2n) is 8.74. The second-order valence-corrected chi connectivity index (χ2v) is 8.74. The fourth-order valence-corrected chi connectivity index (χ4v) is 2.78. The van der Waals surface area contributed by atoms with Crippen LogP contribution in [0.1, 0.15) is 60.8 Å². The molecule has 10 nitrogen and oxygen atoms in total. The van der Waals surface area contributed by atoms with Crippen LogP contribution in [0, 0.1) is 5.92 Å². The SMILES string of the molecule is C/C(=N/O)C(C)(C)NCCC(CCNC(=O)COCC=O)CCNC(C)(C)/C(C)=N\O. The number of rotatable bonds is 17. The molecule has 0 radical (unpaired) electrons.